The fourth-order valence-electron chi connectivity index (χ4n) is 4.44. The van der Waals surface area contributed by atoms with E-state index in [0.717, 1.165) is 22.0 Å². The largest absolute Gasteiger partial charge is 0.491 e. The van der Waals surface area contributed by atoms with E-state index in [1.54, 1.807) is 6.07 Å². The summed E-state index contributed by atoms with van der Waals surface area (Å²) in [5.74, 6) is 0.0551. The Morgan fingerprint density at radius 1 is 1.03 bits per heavy atom. The van der Waals surface area contributed by atoms with Crippen molar-refractivity contribution in [3.8, 4) is 5.75 Å². The second-order valence-electron chi connectivity index (χ2n) is 8.21. The maximum atomic E-state index is 13.0. The standard InChI is InChI=1S/C27H24ClN3O3/c28-22-9-3-1-7-18(22)20(21-15-29-23-10-4-2-8-19(21)23)16-30-26(32)17-31-24-11-5-6-12-25(24)34-14-13-27(31)33/h1-12,15,20,29H,13-14,16-17H2,(H,30,32). The zero-order valence-electron chi connectivity index (χ0n) is 18.5. The van der Waals surface area contributed by atoms with Gasteiger partial charge in [0.1, 0.15) is 12.3 Å². The van der Waals surface area contributed by atoms with E-state index in [-0.39, 0.29) is 30.7 Å². The monoisotopic (exact) mass is 473 g/mol. The van der Waals surface area contributed by atoms with Crippen molar-refractivity contribution in [2.75, 3.05) is 24.6 Å². The number of amides is 2. The third kappa shape index (κ3) is 4.37. The van der Waals surface area contributed by atoms with Gasteiger partial charge in [0.2, 0.25) is 11.8 Å². The van der Waals surface area contributed by atoms with Crippen LogP contribution in [0.4, 0.5) is 5.69 Å². The van der Waals surface area contributed by atoms with Gasteiger partial charge < -0.3 is 15.0 Å². The van der Waals surface area contributed by atoms with Gasteiger partial charge in [-0.2, -0.15) is 0 Å². The fraction of sp³-hybridized carbons (Fsp3) is 0.185. The van der Waals surface area contributed by atoms with Crippen LogP contribution in [0.5, 0.6) is 5.75 Å². The summed E-state index contributed by atoms with van der Waals surface area (Å²) in [6.45, 7) is 0.552. The molecule has 0 saturated carbocycles. The Kier molecular flexibility index (Phi) is 6.23. The highest BCUT2D eigenvalue weighted by molar-refractivity contribution is 6.31. The third-order valence-corrected chi connectivity index (χ3v) is 6.46. The van der Waals surface area contributed by atoms with Gasteiger partial charge >= 0.3 is 0 Å². The summed E-state index contributed by atoms with van der Waals surface area (Å²) >= 11 is 6.56. The molecular formula is C27H24ClN3O3. The van der Waals surface area contributed by atoms with E-state index in [2.05, 4.69) is 16.4 Å². The number of nitrogens with zero attached hydrogens (tertiary/aromatic N) is 1. The number of H-pyrrole nitrogens is 1. The fourth-order valence-corrected chi connectivity index (χ4v) is 4.70. The lowest BCUT2D eigenvalue weighted by Gasteiger charge is -2.23. The molecule has 1 aliphatic rings. The summed E-state index contributed by atoms with van der Waals surface area (Å²) in [5.41, 5.74) is 3.61. The smallest absolute Gasteiger partial charge is 0.240 e. The van der Waals surface area contributed by atoms with E-state index < -0.39 is 0 Å². The molecule has 5 rings (SSSR count). The van der Waals surface area contributed by atoms with Crippen molar-refractivity contribution in [2.45, 2.75) is 12.3 Å². The molecular weight excluding hydrogens is 450 g/mol. The first-order chi connectivity index (χ1) is 16.6. The molecule has 2 N–H and O–H groups in total. The van der Waals surface area contributed by atoms with Crippen molar-refractivity contribution in [3.63, 3.8) is 0 Å². The molecule has 0 spiro atoms. The van der Waals surface area contributed by atoms with Crippen LogP contribution in [0.2, 0.25) is 5.02 Å². The minimum absolute atomic E-state index is 0.0810. The van der Waals surface area contributed by atoms with Crippen LogP contribution in [0, 0.1) is 0 Å². The van der Waals surface area contributed by atoms with E-state index in [0.29, 0.717) is 29.6 Å². The molecule has 1 atom stereocenters. The first-order valence-corrected chi connectivity index (χ1v) is 11.6. The van der Waals surface area contributed by atoms with Gasteiger partial charge in [-0.25, -0.2) is 0 Å². The van der Waals surface area contributed by atoms with Gasteiger partial charge in [0.25, 0.3) is 0 Å². The number of carbonyl (C=O) groups is 2. The Bertz CT molecular complexity index is 1350. The van der Waals surface area contributed by atoms with Crippen LogP contribution in [0.1, 0.15) is 23.5 Å². The number of halogens is 1. The maximum Gasteiger partial charge on any atom is 0.240 e. The highest BCUT2D eigenvalue weighted by atomic mass is 35.5. The number of para-hydroxylation sites is 3. The molecule has 4 aromatic rings. The zero-order valence-corrected chi connectivity index (χ0v) is 19.2. The van der Waals surface area contributed by atoms with Crippen molar-refractivity contribution >= 4 is 40.0 Å². The summed E-state index contributed by atoms with van der Waals surface area (Å²) in [6.07, 6.45) is 2.19. The number of aromatic amines is 1. The first-order valence-electron chi connectivity index (χ1n) is 11.2. The Hall–Kier alpha value is -3.77. The van der Waals surface area contributed by atoms with Gasteiger partial charge in [0.15, 0.2) is 0 Å². The first kappa shape index (κ1) is 22.0. The number of rotatable bonds is 6. The van der Waals surface area contributed by atoms with Gasteiger partial charge in [0, 0.05) is 34.6 Å². The predicted molar refractivity (Wildman–Crippen MR) is 134 cm³/mol. The van der Waals surface area contributed by atoms with Gasteiger partial charge in [-0.15, -0.1) is 0 Å². The molecule has 0 aliphatic carbocycles. The average Bonchev–Trinajstić information content (AvgIpc) is 3.21. The Morgan fingerprint density at radius 3 is 2.68 bits per heavy atom. The van der Waals surface area contributed by atoms with Gasteiger partial charge in [-0.3, -0.25) is 14.5 Å². The lowest BCUT2D eigenvalue weighted by molar-refractivity contribution is -0.123. The average molecular weight is 474 g/mol. The van der Waals surface area contributed by atoms with E-state index in [4.69, 9.17) is 16.3 Å². The molecule has 0 bridgehead atoms. The number of ether oxygens (including phenoxy) is 1. The maximum absolute atomic E-state index is 13.0. The number of anilines is 1. The number of hydrogen-bond acceptors (Lipinski definition) is 3. The highest BCUT2D eigenvalue weighted by Gasteiger charge is 2.26. The van der Waals surface area contributed by atoms with E-state index in [9.17, 15) is 9.59 Å². The molecule has 3 aromatic carbocycles. The number of aromatic nitrogens is 1. The lowest BCUT2D eigenvalue weighted by atomic mass is 9.90. The molecule has 1 aromatic heterocycles. The molecule has 34 heavy (non-hydrogen) atoms. The van der Waals surface area contributed by atoms with Crippen LogP contribution >= 0.6 is 11.6 Å². The molecule has 0 saturated heterocycles. The number of benzene rings is 3. The Balaban J connectivity index is 1.39. The molecule has 7 heteroatoms. The van der Waals surface area contributed by atoms with Crippen LogP contribution in [0.25, 0.3) is 10.9 Å². The second-order valence-corrected chi connectivity index (χ2v) is 8.62. The summed E-state index contributed by atoms with van der Waals surface area (Å²) in [7, 11) is 0. The van der Waals surface area contributed by atoms with Crippen molar-refractivity contribution < 1.29 is 14.3 Å². The van der Waals surface area contributed by atoms with Crippen molar-refractivity contribution in [1.29, 1.82) is 0 Å². The normalized spacial score (nSPS) is 14.3. The number of carbonyl (C=O) groups excluding carboxylic acids is 2. The van der Waals surface area contributed by atoms with Crippen LogP contribution in [0.3, 0.4) is 0 Å². The highest BCUT2D eigenvalue weighted by Crippen LogP contribution is 2.34. The third-order valence-electron chi connectivity index (χ3n) is 6.11. The second kappa shape index (κ2) is 9.61. The molecule has 1 aliphatic heterocycles. The molecule has 6 nitrogen and oxygen atoms in total. The lowest BCUT2D eigenvalue weighted by Crippen LogP contribution is -2.41. The van der Waals surface area contributed by atoms with Crippen molar-refractivity contribution in [2.24, 2.45) is 0 Å². The summed E-state index contributed by atoms with van der Waals surface area (Å²) in [6, 6.07) is 23.0. The Morgan fingerprint density at radius 2 is 1.79 bits per heavy atom. The predicted octanol–water partition coefficient (Wildman–Crippen LogP) is 4.89. The van der Waals surface area contributed by atoms with Crippen LogP contribution in [0.15, 0.2) is 79.0 Å². The summed E-state index contributed by atoms with van der Waals surface area (Å²) < 4.78 is 5.68. The molecule has 2 heterocycles. The quantitative estimate of drug-likeness (QED) is 0.419. The zero-order chi connectivity index (χ0) is 23.5. The van der Waals surface area contributed by atoms with E-state index in [1.807, 2.05) is 66.9 Å². The molecule has 1 unspecified atom stereocenters. The topological polar surface area (TPSA) is 74.4 Å². The van der Waals surface area contributed by atoms with E-state index >= 15 is 0 Å². The van der Waals surface area contributed by atoms with E-state index in [1.165, 1.54) is 4.90 Å². The minimum Gasteiger partial charge on any atom is -0.491 e. The summed E-state index contributed by atoms with van der Waals surface area (Å²) in [5, 5.41) is 4.75. The minimum atomic E-state index is -0.248. The van der Waals surface area contributed by atoms with Crippen LogP contribution < -0.4 is 15.0 Å². The molecule has 0 fully saturated rings. The molecule has 172 valence electrons. The van der Waals surface area contributed by atoms with Crippen LogP contribution in [-0.4, -0.2) is 36.5 Å². The van der Waals surface area contributed by atoms with Crippen molar-refractivity contribution in [1.82, 2.24) is 10.3 Å². The number of hydrogen-bond donors (Lipinski definition) is 2. The number of fused-ring (bicyclic) bond motifs is 2. The van der Waals surface area contributed by atoms with Gasteiger partial charge in [-0.05, 0) is 35.4 Å². The Labute approximate surface area is 202 Å². The molecule has 0 radical (unpaired) electrons. The number of nitrogens with one attached hydrogen (secondary N) is 2. The van der Waals surface area contributed by atoms with Gasteiger partial charge in [0.05, 0.1) is 18.7 Å². The summed E-state index contributed by atoms with van der Waals surface area (Å²) in [4.78, 5) is 30.5. The van der Waals surface area contributed by atoms with Crippen molar-refractivity contribution in [3.05, 3.63) is 95.1 Å². The van der Waals surface area contributed by atoms with Crippen LogP contribution in [-0.2, 0) is 9.59 Å². The SMILES string of the molecule is O=C(CN1C(=O)CCOc2ccccc21)NCC(c1ccccc1Cl)c1c[nH]c2ccccc12. The van der Waals surface area contributed by atoms with Gasteiger partial charge in [-0.1, -0.05) is 60.1 Å². The molecule has 2 amide bonds.